The monoisotopic (exact) mass is 890 g/mol. The van der Waals surface area contributed by atoms with Gasteiger partial charge in [0.1, 0.15) is 11.4 Å². The van der Waals surface area contributed by atoms with Crippen LogP contribution in [0.4, 0.5) is 0 Å². The molecule has 0 aliphatic heterocycles. The maximum atomic E-state index is 5.66. The fraction of sp³-hybridized carbons (Fsp3) is 0.0984. The molecule has 0 radical (unpaired) electrons. The molecule has 0 amide bonds. The van der Waals surface area contributed by atoms with Gasteiger partial charge in [-0.1, -0.05) is 166 Å². The Hall–Kier alpha value is -8.75. The van der Waals surface area contributed by atoms with E-state index in [9.17, 15) is 0 Å². The Morgan fingerprint density at radius 2 is 0.638 bits per heavy atom. The van der Waals surface area contributed by atoms with E-state index < -0.39 is 0 Å². The molecule has 13 aromatic rings. The highest BCUT2D eigenvalue weighted by molar-refractivity contribution is 6.08. The van der Waals surface area contributed by atoms with Gasteiger partial charge in [0.2, 0.25) is 0 Å². The molecule has 0 aliphatic carbocycles. The molecule has 0 aliphatic rings. The van der Waals surface area contributed by atoms with Crippen LogP contribution >= 0.6 is 0 Å². The second kappa shape index (κ2) is 16.2. The number of hydrogen-bond donors (Lipinski definition) is 0. The van der Waals surface area contributed by atoms with Gasteiger partial charge in [-0.3, -0.25) is 13.7 Å². The van der Waals surface area contributed by atoms with E-state index in [1.54, 1.807) is 0 Å². The van der Waals surface area contributed by atoms with Crippen molar-refractivity contribution in [1.82, 2.24) is 38.6 Å². The predicted molar refractivity (Wildman–Crippen MR) is 283 cm³/mol. The van der Waals surface area contributed by atoms with Crippen molar-refractivity contribution in [3.8, 4) is 51.7 Å². The van der Waals surface area contributed by atoms with E-state index in [0.29, 0.717) is 34.7 Å². The number of benzene rings is 9. The Morgan fingerprint density at radius 1 is 0.319 bits per heavy atom. The van der Waals surface area contributed by atoms with E-state index in [1.165, 1.54) is 16.7 Å². The van der Waals surface area contributed by atoms with Crippen LogP contribution in [0.25, 0.3) is 117 Å². The topological polar surface area (TPSA) is 79.2 Å². The molecular formula is C61H46N8. The first kappa shape index (κ1) is 40.5. The molecule has 0 saturated heterocycles. The van der Waals surface area contributed by atoms with Gasteiger partial charge < -0.3 is 0 Å². The van der Waals surface area contributed by atoms with Gasteiger partial charge >= 0.3 is 0 Å². The van der Waals surface area contributed by atoms with Gasteiger partial charge in [0, 0.05) is 16.2 Å². The Kier molecular flexibility index (Phi) is 9.54. The lowest BCUT2D eigenvalue weighted by Gasteiger charge is -2.17. The van der Waals surface area contributed by atoms with Gasteiger partial charge in [0.05, 0.1) is 50.2 Å². The average Bonchev–Trinajstić information content (AvgIpc) is 4.13. The molecule has 0 saturated carbocycles. The van der Waals surface area contributed by atoms with Crippen LogP contribution in [0.3, 0.4) is 0 Å². The van der Waals surface area contributed by atoms with Crippen molar-refractivity contribution >= 4 is 65.4 Å². The first-order valence-electron chi connectivity index (χ1n) is 24.0. The summed E-state index contributed by atoms with van der Waals surface area (Å²) in [5, 5.41) is 6.59. The first-order chi connectivity index (χ1) is 34.1. The fourth-order valence-corrected chi connectivity index (χ4v) is 10.5. The van der Waals surface area contributed by atoms with E-state index in [2.05, 4.69) is 223 Å². The minimum atomic E-state index is 0.466. The molecule has 9 aromatic carbocycles. The molecule has 0 bridgehead atoms. The molecule has 330 valence electrons. The molecule has 0 atom stereocenters. The second-order valence-electron chi connectivity index (χ2n) is 17.7. The van der Waals surface area contributed by atoms with Crippen LogP contribution in [0.1, 0.15) is 37.5 Å². The van der Waals surface area contributed by atoms with Crippen molar-refractivity contribution in [3.63, 3.8) is 0 Å². The number of aryl methyl sites for hydroxylation is 3. The highest BCUT2D eigenvalue weighted by Crippen LogP contribution is 2.40. The van der Waals surface area contributed by atoms with Gasteiger partial charge in [-0.25, -0.2) is 24.9 Å². The Balaban J connectivity index is 1.20. The number of aromatic nitrogens is 8. The number of imidazole rings is 3. The molecule has 0 N–H and O–H groups in total. The zero-order chi connectivity index (χ0) is 46.2. The Labute approximate surface area is 398 Å². The van der Waals surface area contributed by atoms with Crippen molar-refractivity contribution in [3.05, 3.63) is 205 Å². The van der Waals surface area contributed by atoms with Crippen LogP contribution in [-0.4, -0.2) is 38.6 Å². The van der Waals surface area contributed by atoms with E-state index in [1.807, 2.05) is 0 Å². The molecule has 0 unspecified atom stereocenters. The summed E-state index contributed by atoms with van der Waals surface area (Å²) < 4.78 is 6.85. The molecule has 4 aromatic heterocycles. The van der Waals surface area contributed by atoms with Gasteiger partial charge in [0.25, 0.3) is 0 Å². The third-order valence-corrected chi connectivity index (χ3v) is 13.9. The van der Waals surface area contributed by atoms with Crippen molar-refractivity contribution in [2.45, 2.75) is 40.0 Å². The summed E-state index contributed by atoms with van der Waals surface area (Å²) in [6.45, 7) is 6.62. The lowest BCUT2D eigenvalue weighted by atomic mass is 10.1. The largest absolute Gasteiger partial charge is 0.291 e. The van der Waals surface area contributed by atoms with Gasteiger partial charge in [-0.15, -0.1) is 0 Å². The summed E-state index contributed by atoms with van der Waals surface area (Å²) in [4.78, 5) is 28.2. The second-order valence-corrected chi connectivity index (χ2v) is 17.7. The van der Waals surface area contributed by atoms with Crippen LogP contribution in [-0.2, 0) is 19.3 Å². The first-order valence-corrected chi connectivity index (χ1v) is 24.0. The summed E-state index contributed by atoms with van der Waals surface area (Å²) >= 11 is 0. The molecule has 69 heavy (non-hydrogen) atoms. The zero-order valence-electron chi connectivity index (χ0n) is 38.6. The van der Waals surface area contributed by atoms with Crippen LogP contribution in [0.5, 0.6) is 0 Å². The summed E-state index contributed by atoms with van der Waals surface area (Å²) in [7, 11) is 0. The summed E-state index contributed by atoms with van der Waals surface area (Å²) in [6, 6.07) is 66.5. The molecule has 0 spiro atoms. The molecule has 4 heterocycles. The lowest BCUT2D eigenvalue weighted by molar-refractivity contribution is 0.985. The van der Waals surface area contributed by atoms with Crippen molar-refractivity contribution in [2.24, 2.45) is 0 Å². The van der Waals surface area contributed by atoms with Crippen LogP contribution in [0.2, 0.25) is 0 Å². The number of fused-ring (bicyclic) bond motifs is 9. The average molecular weight is 891 g/mol. The molecule has 0 fully saturated rings. The SMILES string of the molecule is CCc1ccccc1-n1c(-c2cc(-c3nc4c5ccccc5ccc4n3-c3ccccc3CC)nc(-c3nc4c5ccccc5ccc4n3-c3ccccc3CC)n2)nc2c3ccccc3ccc21. The van der Waals surface area contributed by atoms with E-state index in [4.69, 9.17) is 24.9 Å². The van der Waals surface area contributed by atoms with E-state index >= 15 is 0 Å². The van der Waals surface area contributed by atoms with Crippen LogP contribution < -0.4 is 0 Å². The standard InChI is InChI=1S/C61H46N8/c1-4-38-19-10-16-28-49(38)67-52-34-31-41-22-7-13-25-44(41)55(52)64-59(67)47-37-48(60-65-56-45-26-14-8-23-42(45)32-35-53(56)68(60)50-29-17-11-20-39(50)5-2)63-58(62-47)61-66-57-46-27-15-9-24-43(46)33-36-54(57)69(61)51-30-18-12-21-40(51)6-3/h7-37H,4-6H2,1-3H3. The Bertz CT molecular complexity index is 3730. The molecule has 8 nitrogen and oxygen atoms in total. The van der Waals surface area contributed by atoms with Gasteiger partial charge in [0.15, 0.2) is 23.3 Å². The Morgan fingerprint density at radius 3 is 1.01 bits per heavy atom. The van der Waals surface area contributed by atoms with Crippen molar-refractivity contribution in [1.29, 1.82) is 0 Å². The van der Waals surface area contributed by atoms with Crippen LogP contribution in [0.15, 0.2) is 188 Å². The van der Waals surface area contributed by atoms with E-state index in [0.717, 1.165) is 102 Å². The maximum Gasteiger partial charge on any atom is 0.197 e. The minimum absolute atomic E-state index is 0.466. The molecular weight excluding hydrogens is 845 g/mol. The summed E-state index contributed by atoms with van der Waals surface area (Å²) in [6.07, 6.45) is 2.51. The zero-order valence-corrected chi connectivity index (χ0v) is 38.6. The maximum absolute atomic E-state index is 5.66. The number of rotatable bonds is 9. The fourth-order valence-electron chi connectivity index (χ4n) is 10.5. The lowest BCUT2D eigenvalue weighted by Crippen LogP contribution is -2.08. The third kappa shape index (κ3) is 6.40. The predicted octanol–water partition coefficient (Wildman–Crippen LogP) is 14.6. The smallest absolute Gasteiger partial charge is 0.197 e. The summed E-state index contributed by atoms with van der Waals surface area (Å²) in [5.74, 6) is 2.51. The molecule has 8 heteroatoms. The van der Waals surface area contributed by atoms with Crippen molar-refractivity contribution in [2.75, 3.05) is 0 Å². The minimum Gasteiger partial charge on any atom is -0.291 e. The number of nitrogens with zero attached hydrogens (tertiary/aromatic N) is 8. The number of hydrogen-bond acceptors (Lipinski definition) is 5. The highest BCUT2D eigenvalue weighted by Gasteiger charge is 2.27. The third-order valence-electron chi connectivity index (χ3n) is 13.9. The van der Waals surface area contributed by atoms with Gasteiger partial charge in [-0.05, 0) is 94.6 Å². The van der Waals surface area contributed by atoms with Gasteiger partial charge in [-0.2, -0.15) is 0 Å². The van der Waals surface area contributed by atoms with Crippen LogP contribution in [0, 0.1) is 0 Å². The van der Waals surface area contributed by atoms with Crippen molar-refractivity contribution < 1.29 is 0 Å². The van der Waals surface area contributed by atoms with E-state index in [-0.39, 0.29) is 0 Å². The normalized spacial score (nSPS) is 11.9. The quantitative estimate of drug-likeness (QED) is 0.144. The molecule has 13 rings (SSSR count). The number of para-hydroxylation sites is 3. The summed E-state index contributed by atoms with van der Waals surface area (Å²) in [5.41, 5.74) is 13.7. The highest BCUT2D eigenvalue weighted by atomic mass is 15.2.